The molecule has 0 N–H and O–H groups in total. The zero-order valence-corrected chi connectivity index (χ0v) is 9.34. The summed E-state index contributed by atoms with van der Waals surface area (Å²) in [5.74, 6) is 0. The van der Waals surface area contributed by atoms with Crippen molar-refractivity contribution in [3.63, 3.8) is 0 Å². The number of methoxy groups -OCH3 is 1. The van der Waals surface area contributed by atoms with E-state index in [2.05, 4.69) is 5.10 Å². The number of hydrogen-bond donors (Lipinski definition) is 0. The van der Waals surface area contributed by atoms with Crippen LogP contribution in [0.1, 0.15) is 6.92 Å². The van der Waals surface area contributed by atoms with Crippen molar-refractivity contribution in [2.45, 2.75) is 19.6 Å². The third-order valence-electron chi connectivity index (χ3n) is 1.77. The summed E-state index contributed by atoms with van der Waals surface area (Å²) in [5.41, 5.74) is -0.400. The van der Waals surface area contributed by atoms with Crippen molar-refractivity contribution >= 4 is 23.2 Å². The normalized spacial score (nSPS) is 12.9. The summed E-state index contributed by atoms with van der Waals surface area (Å²) in [4.78, 5) is 11.5. The Morgan fingerprint density at radius 1 is 1.64 bits per heavy atom. The second-order valence-corrected chi connectivity index (χ2v) is 3.63. The second-order valence-electron chi connectivity index (χ2n) is 2.84. The number of rotatable bonds is 3. The van der Waals surface area contributed by atoms with Gasteiger partial charge in [0.05, 0.1) is 23.9 Å². The fourth-order valence-electron chi connectivity index (χ4n) is 0.893. The Labute approximate surface area is 91.4 Å². The van der Waals surface area contributed by atoms with Gasteiger partial charge in [0.1, 0.15) is 5.02 Å². The lowest BCUT2D eigenvalue weighted by Crippen LogP contribution is -2.28. The molecule has 14 heavy (non-hydrogen) atoms. The monoisotopic (exact) mass is 236 g/mol. The lowest BCUT2D eigenvalue weighted by molar-refractivity contribution is 0.0984. The summed E-state index contributed by atoms with van der Waals surface area (Å²) in [6, 6.07) is 0. The van der Waals surface area contributed by atoms with Gasteiger partial charge in [0.25, 0.3) is 5.56 Å². The number of ether oxygens (including phenoxy) is 1. The van der Waals surface area contributed by atoms with Crippen LogP contribution in [0.5, 0.6) is 0 Å². The van der Waals surface area contributed by atoms with E-state index in [0.29, 0.717) is 6.54 Å². The molecule has 78 valence electrons. The summed E-state index contributed by atoms with van der Waals surface area (Å²) < 4.78 is 6.23. The molecule has 0 aliphatic rings. The first-order valence-corrected chi connectivity index (χ1v) is 4.75. The van der Waals surface area contributed by atoms with E-state index < -0.39 is 5.56 Å². The minimum absolute atomic E-state index is 0.00929. The van der Waals surface area contributed by atoms with Crippen LogP contribution in [0.2, 0.25) is 10.0 Å². The van der Waals surface area contributed by atoms with Gasteiger partial charge in [-0.15, -0.1) is 0 Å². The van der Waals surface area contributed by atoms with E-state index in [0.717, 1.165) is 0 Å². The van der Waals surface area contributed by atoms with Crippen LogP contribution < -0.4 is 5.56 Å². The van der Waals surface area contributed by atoms with E-state index in [4.69, 9.17) is 27.9 Å². The Morgan fingerprint density at radius 3 is 2.86 bits per heavy atom. The predicted molar refractivity (Wildman–Crippen MR) is 55.0 cm³/mol. The third-order valence-corrected chi connectivity index (χ3v) is 2.52. The standard InChI is InChI=1S/C8H10Cl2N2O2/c1-5(14-2)4-12-8(13)7(10)6(9)3-11-12/h3,5H,4H2,1-2H3. The lowest BCUT2D eigenvalue weighted by atomic mass is 10.4. The van der Waals surface area contributed by atoms with Crippen molar-refractivity contribution < 1.29 is 4.74 Å². The molecule has 6 heteroatoms. The molecule has 1 heterocycles. The molecule has 1 aromatic heterocycles. The highest BCUT2D eigenvalue weighted by molar-refractivity contribution is 6.41. The van der Waals surface area contributed by atoms with E-state index in [1.165, 1.54) is 10.9 Å². The summed E-state index contributed by atoms with van der Waals surface area (Å²) in [5, 5.41) is 3.99. The summed E-state index contributed by atoms with van der Waals surface area (Å²) in [6.45, 7) is 2.18. The van der Waals surface area contributed by atoms with Gasteiger partial charge in [0.2, 0.25) is 0 Å². The largest absolute Gasteiger partial charge is 0.380 e. The van der Waals surface area contributed by atoms with Gasteiger partial charge >= 0.3 is 0 Å². The van der Waals surface area contributed by atoms with E-state index >= 15 is 0 Å². The van der Waals surface area contributed by atoms with Crippen molar-refractivity contribution in [3.05, 3.63) is 26.6 Å². The zero-order chi connectivity index (χ0) is 10.7. The highest BCUT2D eigenvalue weighted by Crippen LogP contribution is 2.14. The van der Waals surface area contributed by atoms with E-state index in [1.54, 1.807) is 7.11 Å². The maximum Gasteiger partial charge on any atom is 0.287 e. The fraction of sp³-hybridized carbons (Fsp3) is 0.500. The number of aromatic nitrogens is 2. The van der Waals surface area contributed by atoms with E-state index in [1.807, 2.05) is 6.92 Å². The summed E-state index contributed by atoms with van der Waals surface area (Å²) in [6.07, 6.45) is 1.24. The lowest BCUT2D eigenvalue weighted by Gasteiger charge is -2.10. The smallest absolute Gasteiger partial charge is 0.287 e. The van der Waals surface area contributed by atoms with Gasteiger partial charge in [-0.3, -0.25) is 4.79 Å². The molecule has 0 radical (unpaired) electrons. The van der Waals surface area contributed by atoms with Crippen molar-refractivity contribution in [2.75, 3.05) is 7.11 Å². The molecule has 0 spiro atoms. The highest BCUT2D eigenvalue weighted by atomic mass is 35.5. The Hall–Kier alpha value is -0.580. The molecule has 0 amide bonds. The van der Waals surface area contributed by atoms with Crippen LogP contribution in [0.3, 0.4) is 0 Å². The molecular weight excluding hydrogens is 227 g/mol. The van der Waals surface area contributed by atoms with E-state index in [-0.39, 0.29) is 16.1 Å². The molecule has 1 aromatic rings. The first-order valence-electron chi connectivity index (χ1n) is 4.00. The average molecular weight is 237 g/mol. The third kappa shape index (κ3) is 2.47. The topological polar surface area (TPSA) is 44.1 Å². The van der Waals surface area contributed by atoms with Crippen LogP contribution in [-0.2, 0) is 11.3 Å². The molecule has 0 aromatic carbocycles. The number of hydrogen-bond acceptors (Lipinski definition) is 3. The van der Waals surface area contributed by atoms with Gasteiger partial charge in [-0.2, -0.15) is 5.10 Å². The first-order chi connectivity index (χ1) is 6.56. The Kier molecular flexibility index (Phi) is 3.92. The molecular formula is C8H10Cl2N2O2. The van der Waals surface area contributed by atoms with Crippen LogP contribution in [0.25, 0.3) is 0 Å². The van der Waals surface area contributed by atoms with Gasteiger partial charge < -0.3 is 4.74 Å². The molecule has 0 fully saturated rings. The average Bonchev–Trinajstić information content (AvgIpc) is 2.19. The summed E-state index contributed by atoms with van der Waals surface area (Å²) >= 11 is 11.3. The van der Waals surface area contributed by atoms with Crippen LogP contribution in [-0.4, -0.2) is 23.0 Å². The molecule has 4 nitrogen and oxygen atoms in total. The summed E-state index contributed by atoms with van der Waals surface area (Å²) in [7, 11) is 1.56. The van der Waals surface area contributed by atoms with Crippen molar-refractivity contribution in [1.82, 2.24) is 9.78 Å². The van der Waals surface area contributed by atoms with Gasteiger partial charge in [0, 0.05) is 7.11 Å². The van der Waals surface area contributed by atoms with E-state index in [9.17, 15) is 4.79 Å². The molecule has 0 saturated heterocycles. The van der Waals surface area contributed by atoms with Crippen molar-refractivity contribution in [3.8, 4) is 0 Å². The molecule has 0 bridgehead atoms. The Morgan fingerprint density at radius 2 is 2.29 bits per heavy atom. The second kappa shape index (κ2) is 4.77. The molecule has 1 rings (SSSR count). The van der Waals surface area contributed by atoms with Crippen LogP contribution in [0.4, 0.5) is 0 Å². The SMILES string of the molecule is COC(C)Cn1ncc(Cl)c(Cl)c1=O. The Balaban J connectivity index is 3.00. The molecule has 1 unspecified atom stereocenters. The van der Waals surface area contributed by atoms with Gasteiger partial charge in [-0.25, -0.2) is 4.68 Å². The Bertz CT molecular complexity index is 378. The minimum Gasteiger partial charge on any atom is -0.380 e. The van der Waals surface area contributed by atoms with Gasteiger partial charge in [0.15, 0.2) is 0 Å². The molecule has 1 atom stereocenters. The van der Waals surface area contributed by atoms with Crippen molar-refractivity contribution in [1.29, 1.82) is 0 Å². The van der Waals surface area contributed by atoms with Crippen LogP contribution in [0.15, 0.2) is 11.0 Å². The molecule has 0 aliphatic heterocycles. The maximum absolute atomic E-state index is 11.5. The van der Waals surface area contributed by atoms with Gasteiger partial charge in [-0.1, -0.05) is 23.2 Å². The maximum atomic E-state index is 11.5. The number of nitrogens with zero attached hydrogens (tertiary/aromatic N) is 2. The quantitative estimate of drug-likeness (QED) is 0.801. The zero-order valence-electron chi connectivity index (χ0n) is 7.83. The minimum atomic E-state index is -0.400. The molecule has 0 saturated carbocycles. The van der Waals surface area contributed by atoms with Crippen molar-refractivity contribution in [2.24, 2.45) is 0 Å². The first kappa shape index (κ1) is 11.5. The highest BCUT2D eigenvalue weighted by Gasteiger charge is 2.09. The fourth-order valence-corrected chi connectivity index (χ4v) is 1.16. The van der Waals surface area contributed by atoms with Crippen LogP contribution in [0, 0.1) is 0 Å². The van der Waals surface area contributed by atoms with Gasteiger partial charge in [-0.05, 0) is 6.92 Å². The van der Waals surface area contributed by atoms with Crippen LogP contribution >= 0.6 is 23.2 Å². The number of halogens is 2. The molecule has 0 aliphatic carbocycles. The predicted octanol–water partition coefficient (Wildman–Crippen LogP) is 1.58.